The van der Waals surface area contributed by atoms with Gasteiger partial charge < -0.3 is 9.47 Å². The molecule has 0 aromatic heterocycles. The lowest BCUT2D eigenvalue weighted by atomic mass is 9.75. The summed E-state index contributed by atoms with van der Waals surface area (Å²) in [6.45, 7) is 0. The predicted octanol–water partition coefficient (Wildman–Crippen LogP) is 7.53. The van der Waals surface area contributed by atoms with Crippen molar-refractivity contribution in [2.24, 2.45) is 0 Å². The molecule has 0 radical (unpaired) electrons. The summed E-state index contributed by atoms with van der Waals surface area (Å²) >= 11 is 0. The molecule has 12 heteroatoms. The van der Waals surface area contributed by atoms with E-state index in [9.17, 15) is 25.9 Å². The molecule has 9 rings (SSSR count). The Morgan fingerprint density at radius 1 is 0.479 bits per heavy atom. The van der Waals surface area contributed by atoms with Crippen LogP contribution in [-0.2, 0) is 29.2 Å². The Bertz CT molecular complexity index is 2580. The second kappa shape index (κ2) is 9.86. The van der Waals surface area contributed by atoms with Crippen LogP contribution in [0.3, 0.4) is 0 Å². The van der Waals surface area contributed by atoms with Crippen LogP contribution in [0.2, 0.25) is 0 Å². The maximum atomic E-state index is 12.1. The summed E-state index contributed by atoms with van der Waals surface area (Å²) in [6.07, 6.45) is -2.24. The number of methoxy groups -OCH3 is 2. The first-order chi connectivity index (χ1) is 23.0. The van der Waals surface area contributed by atoms with Crippen molar-refractivity contribution >= 4 is 63.9 Å². The molecule has 2 aliphatic carbocycles. The van der Waals surface area contributed by atoms with Gasteiger partial charge in [0.15, 0.2) is 0 Å². The Labute approximate surface area is 274 Å². The van der Waals surface area contributed by atoms with Crippen molar-refractivity contribution in [3.63, 3.8) is 0 Å². The molecule has 240 valence electrons. The lowest BCUT2D eigenvalue weighted by Crippen LogP contribution is -2.17. The smallest absolute Gasteiger partial charge is 0.398 e. The van der Waals surface area contributed by atoms with Gasteiger partial charge in [0.25, 0.3) is 0 Å². The minimum absolute atomic E-state index is 0.534. The molecule has 0 heterocycles. The molecule has 2 N–H and O–H groups in total. The number of rotatable bonds is 6. The summed E-state index contributed by atoms with van der Waals surface area (Å²) in [5.41, 5.74) is 5.30. The lowest BCUT2D eigenvalue weighted by molar-refractivity contribution is 0.216. The van der Waals surface area contributed by atoms with Gasteiger partial charge in [0.05, 0.1) is 14.2 Å². The third-order valence-electron chi connectivity index (χ3n) is 9.60. The first-order valence-corrected chi connectivity index (χ1v) is 17.6. The largest absolute Gasteiger partial charge is 0.496 e. The molecule has 2 atom stereocenters. The number of hydrogen-bond donors (Lipinski definition) is 2. The summed E-state index contributed by atoms with van der Waals surface area (Å²) in [6, 6.07) is 25.7. The van der Waals surface area contributed by atoms with E-state index in [0.717, 1.165) is 54.6 Å². The Balaban J connectivity index is 1.51. The Kier molecular flexibility index (Phi) is 6.02. The van der Waals surface area contributed by atoms with Crippen molar-refractivity contribution in [3.05, 3.63) is 107 Å². The number of hydrogen-bond acceptors (Lipinski definition) is 8. The van der Waals surface area contributed by atoms with Crippen LogP contribution in [0.1, 0.15) is 34.5 Å². The maximum Gasteiger partial charge on any atom is 0.398 e. The number of fused-ring (bicyclic) bond motifs is 6. The van der Waals surface area contributed by atoms with Crippen LogP contribution in [0, 0.1) is 0 Å². The highest BCUT2D eigenvalue weighted by Crippen LogP contribution is 2.58. The van der Waals surface area contributed by atoms with Crippen molar-refractivity contribution in [1.82, 2.24) is 0 Å². The van der Waals surface area contributed by atoms with Crippen LogP contribution < -0.4 is 9.47 Å². The molecule has 0 saturated heterocycles. The summed E-state index contributed by atoms with van der Waals surface area (Å²) < 4.78 is 91.1. The van der Waals surface area contributed by atoms with Crippen LogP contribution in [0.15, 0.2) is 84.9 Å². The molecule has 10 nitrogen and oxygen atoms in total. The molecule has 0 unspecified atom stereocenters. The van der Waals surface area contributed by atoms with Crippen molar-refractivity contribution in [3.8, 4) is 33.8 Å². The van der Waals surface area contributed by atoms with Crippen LogP contribution in [0.25, 0.3) is 65.3 Å². The molecule has 48 heavy (non-hydrogen) atoms. The molecule has 0 amide bonds. The zero-order valence-electron chi connectivity index (χ0n) is 25.2. The Morgan fingerprint density at radius 3 is 1.25 bits per heavy atom. The van der Waals surface area contributed by atoms with Crippen LogP contribution >= 0.6 is 0 Å². The second-order valence-electron chi connectivity index (χ2n) is 11.9. The van der Waals surface area contributed by atoms with Gasteiger partial charge in [-0.15, -0.1) is 0 Å². The van der Waals surface area contributed by atoms with Gasteiger partial charge in [0, 0.05) is 21.5 Å². The van der Waals surface area contributed by atoms with E-state index in [0.29, 0.717) is 44.5 Å². The van der Waals surface area contributed by atoms with Crippen molar-refractivity contribution < 1.29 is 43.8 Å². The van der Waals surface area contributed by atoms with E-state index in [4.69, 9.17) is 17.8 Å². The average Bonchev–Trinajstić information content (AvgIpc) is 3.06. The normalized spacial score (nSPS) is 16.8. The molecule has 7 aromatic rings. The highest BCUT2D eigenvalue weighted by Gasteiger charge is 2.37. The molecule has 7 aromatic carbocycles. The van der Waals surface area contributed by atoms with Crippen molar-refractivity contribution in [1.29, 1.82) is 0 Å². The van der Waals surface area contributed by atoms with E-state index in [-0.39, 0.29) is 0 Å². The zero-order chi connectivity index (χ0) is 33.3. The second-order valence-corrected chi connectivity index (χ2v) is 14.0. The molecule has 0 spiro atoms. The molecular formula is C36H24O10S2. The molecule has 0 fully saturated rings. The predicted molar refractivity (Wildman–Crippen MR) is 181 cm³/mol. The minimum Gasteiger partial charge on any atom is -0.496 e. The van der Waals surface area contributed by atoms with Gasteiger partial charge >= 0.3 is 20.8 Å². The van der Waals surface area contributed by atoms with E-state index in [2.05, 4.69) is 0 Å². The van der Waals surface area contributed by atoms with E-state index in [1.54, 1.807) is 50.6 Å². The van der Waals surface area contributed by atoms with Gasteiger partial charge in [0.2, 0.25) is 0 Å². The zero-order valence-corrected chi connectivity index (χ0v) is 26.8. The van der Waals surface area contributed by atoms with Crippen molar-refractivity contribution in [2.75, 3.05) is 14.2 Å². The highest BCUT2D eigenvalue weighted by molar-refractivity contribution is 7.81. The van der Waals surface area contributed by atoms with Gasteiger partial charge in [-0.3, -0.25) is 9.11 Å². The van der Waals surface area contributed by atoms with Crippen LogP contribution in [-0.4, -0.2) is 40.2 Å². The first-order valence-electron chi connectivity index (χ1n) is 14.8. The fourth-order valence-electron chi connectivity index (χ4n) is 7.99. The topological polar surface area (TPSA) is 146 Å². The average molecular weight is 681 g/mol. The SMILES string of the molecule is COc1cc2c3c(ccc4c5ccc6c7c(cc(OC)c(c1c34)c75)-c1ccccc1[C@H]6OS(=O)(=O)O)[C@H](OS(=O)(=O)O)c1ccccc1-2. The molecule has 0 saturated carbocycles. The van der Waals surface area contributed by atoms with Gasteiger partial charge in [-0.25, -0.2) is 8.37 Å². The number of benzene rings is 7. The third kappa shape index (κ3) is 3.98. The molecule has 0 aliphatic heterocycles. The Hall–Kier alpha value is -4.82. The molecule has 0 bridgehead atoms. The summed E-state index contributed by atoms with van der Waals surface area (Å²) in [5.74, 6) is 1.07. The fraction of sp³-hybridized carbons (Fsp3) is 0.111. The van der Waals surface area contributed by atoms with Crippen molar-refractivity contribution in [2.45, 2.75) is 12.2 Å². The van der Waals surface area contributed by atoms with E-state index in [1.165, 1.54) is 0 Å². The first kappa shape index (κ1) is 29.3. The van der Waals surface area contributed by atoms with E-state index >= 15 is 0 Å². The Morgan fingerprint density at radius 2 is 0.875 bits per heavy atom. The number of ether oxygens (including phenoxy) is 2. The van der Waals surface area contributed by atoms with E-state index in [1.807, 2.05) is 48.5 Å². The molecule has 2 aliphatic rings. The summed E-state index contributed by atoms with van der Waals surface area (Å²) in [5, 5.41) is 6.03. The monoisotopic (exact) mass is 680 g/mol. The van der Waals surface area contributed by atoms with E-state index < -0.39 is 33.0 Å². The standard InChI is InChI=1S/C36H24O10S2/c1-43-27-15-25-17-7-3-5-9-21(17)35(45-47(37,38)39)23-13-11-19-20-12-14-24-30-26(18-8-4-6-10-22(18)36(24)46-48(40,41)42)16-28(44-2)34(32(20)30)33(27)31(19)29(23)25/h3-16,35-36H,1-2H3,(H,37,38,39)(H,40,41,42)/t35-,36-/m1/s1. The van der Waals surface area contributed by atoms with Crippen LogP contribution in [0.5, 0.6) is 11.5 Å². The minimum atomic E-state index is -4.85. The van der Waals surface area contributed by atoms with Gasteiger partial charge in [0.1, 0.15) is 23.7 Å². The summed E-state index contributed by atoms with van der Waals surface area (Å²) in [7, 11) is -6.54. The maximum absolute atomic E-state index is 12.1. The van der Waals surface area contributed by atoms with Gasteiger partial charge in [-0.05, 0) is 78.2 Å². The van der Waals surface area contributed by atoms with Gasteiger partial charge in [-0.1, -0.05) is 72.8 Å². The fourth-order valence-corrected chi connectivity index (χ4v) is 8.89. The summed E-state index contributed by atoms with van der Waals surface area (Å²) in [4.78, 5) is 0. The third-order valence-corrected chi connectivity index (χ3v) is 10.5. The quantitative estimate of drug-likeness (QED) is 0.103. The molecular weight excluding hydrogens is 657 g/mol. The highest BCUT2D eigenvalue weighted by atomic mass is 32.3. The van der Waals surface area contributed by atoms with Gasteiger partial charge in [-0.2, -0.15) is 16.8 Å². The lowest BCUT2D eigenvalue weighted by Gasteiger charge is -2.32. The van der Waals surface area contributed by atoms with Crippen LogP contribution in [0.4, 0.5) is 0 Å².